The van der Waals surface area contributed by atoms with Gasteiger partial charge in [-0.1, -0.05) is 12.1 Å². The lowest BCUT2D eigenvalue weighted by Crippen LogP contribution is -2.15. The molecule has 0 saturated heterocycles. The minimum Gasteiger partial charge on any atom is -0.495 e. The number of nitrogen functional groups attached to an aromatic ring is 1. The van der Waals surface area contributed by atoms with Gasteiger partial charge in [0.1, 0.15) is 5.75 Å². The number of rotatable bonds is 4. The molecule has 0 amide bonds. The number of para-hydroxylation sites is 2. The number of sulfonamides is 1. The minimum atomic E-state index is -3.77. The lowest BCUT2D eigenvalue weighted by atomic mass is 10.2. The Balaban J connectivity index is 2.47. The SMILES string of the molecule is COc1ccccc1N(C)c1ccc(S(N)(=O)=O)cc1N. The van der Waals surface area contributed by atoms with Crippen LogP contribution in [-0.2, 0) is 10.0 Å². The molecular weight excluding hydrogens is 290 g/mol. The molecule has 0 aliphatic carbocycles. The normalized spacial score (nSPS) is 11.2. The van der Waals surface area contributed by atoms with Crippen molar-refractivity contribution in [2.24, 2.45) is 5.14 Å². The monoisotopic (exact) mass is 307 g/mol. The molecule has 0 atom stereocenters. The summed E-state index contributed by atoms with van der Waals surface area (Å²) in [7, 11) is -0.365. The van der Waals surface area contributed by atoms with Gasteiger partial charge in [0.05, 0.1) is 29.1 Å². The topological polar surface area (TPSA) is 98.6 Å². The van der Waals surface area contributed by atoms with E-state index in [0.717, 1.165) is 5.69 Å². The van der Waals surface area contributed by atoms with Crippen molar-refractivity contribution in [2.75, 3.05) is 24.8 Å². The van der Waals surface area contributed by atoms with Crippen molar-refractivity contribution < 1.29 is 13.2 Å². The highest BCUT2D eigenvalue weighted by Gasteiger charge is 2.15. The van der Waals surface area contributed by atoms with Crippen LogP contribution in [0.1, 0.15) is 0 Å². The van der Waals surface area contributed by atoms with Gasteiger partial charge in [0.25, 0.3) is 0 Å². The summed E-state index contributed by atoms with van der Waals surface area (Å²) in [5.74, 6) is 0.690. The van der Waals surface area contributed by atoms with E-state index in [1.54, 1.807) is 13.2 Å². The summed E-state index contributed by atoms with van der Waals surface area (Å²) in [5.41, 5.74) is 7.73. The molecule has 2 aromatic carbocycles. The van der Waals surface area contributed by atoms with Gasteiger partial charge in [-0.05, 0) is 30.3 Å². The van der Waals surface area contributed by atoms with Crippen LogP contribution in [-0.4, -0.2) is 22.6 Å². The van der Waals surface area contributed by atoms with Crippen LogP contribution in [0.2, 0.25) is 0 Å². The van der Waals surface area contributed by atoms with Gasteiger partial charge in [-0.2, -0.15) is 0 Å². The highest BCUT2D eigenvalue weighted by atomic mass is 32.2. The fourth-order valence-electron chi connectivity index (χ4n) is 2.05. The molecule has 0 bridgehead atoms. The molecule has 0 spiro atoms. The second-order valence-corrected chi connectivity index (χ2v) is 6.06. The molecule has 0 aromatic heterocycles. The maximum absolute atomic E-state index is 11.3. The summed E-state index contributed by atoms with van der Waals surface area (Å²) in [5, 5.41) is 5.09. The zero-order valence-corrected chi connectivity index (χ0v) is 12.6. The van der Waals surface area contributed by atoms with Crippen molar-refractivity contribution in [2.45, 2.75) is 4.90 Å². The molecule has 6 nitrogen and oxygen atoms in total. The molecule has 0 saturated carbocycles. The molecule has 0 heterocycles. The summed E-state index contributed by atoms with van der Waals surface area (Å²) in [4.78, 5) is 1.80. The fraction of sp³-hybridized carbons (Fsp3) is 0.143. The third kappa shape index (κ3) is 3.09. The van der Waals surface area contributed by atoms with Crippen molar-refractivity contribution in [1.82, 2.24) is 0 Å². The first-order valence-corrected chi connectivity index (χ1v) is 7.68. The molecule has 0 aliphatic heterocycles. The second kappa shape index (κ2) is 5.63. The molecule has 7 heteroatoms. The van der Waals surface area contributed by atoms with Crippen molar-refractivity contribution in [3.63, 3.8) is 0 Å². The summed E-state index contributed by atoms with van der Waals surface area (Å²) >= 11 is 0. The summed E-state index contributed by atoms with van der Waals surface area (Å²) in [6.07, 6.45) is 0. The van der Waals surface area contributed by atoms with Gasteiger partial charge < -0.3 is 15.4 Å². The Hall–Kier alpha value is -2.25. The quantitative estimate of drug-likeness (QED) is 0.838. The second-order valence-electron chi connectivity index (χ2n) is 4.50. The van der Waals surface area contributed by atoms with Crippen molar-refractivity contribution in [3.05, 3.63) is 42.5 Å². The summed E-state index contributed by atoms with van der Waals surface area (Å²) < 4.78 is 28.0. The van der Waals surface area contributed by atoms with Gasteiger partial charge in [0.15, 0.2) is 0 Å². The van der Waals surface area contributed by atoms with Gasteiger partial charge in [0.2, 0.25) is 10.0 Å². The molecule has 2 aromatic rings. The van der Waals surface area contributed by atoms with Crippen molar-refractivity contribution in [3.8, 4) is 5.75 Å². The molecule has 0 radical (unpaired) electrons. The molecule has 0 aliphatic rings. The van der Waals surface area contributed by atoms with Crippen LogP contribution in [0.5, 0.6) is 5.75 Å². The van der Waals surface area contributed by atoms with E-state index in [4.69, 9.17) is 15.6 Å². The Morgan fingerprint density at radius 1 is 1.10 bits per heavy atom. The summed E-state index contributed by atoms with van der Waals surface area (Å²) in [6, 6.07) is 11.8. The van der Waals surface area contributed by atoms with Crippen molar-refractivity contribution in [1.29, 1.82) is 0 Å². The van der Waals surface area contributed by atoms with Crippen LogP contribution in [0, 0.1) is 0 Å². The number of hydrogen-bond acceptors (Lipinski definition) is 5. The number of nitrogens with two attached hydrogens (primary N) is 2. The Morgan fingerprint density at radius 2 is 1.76 bits per heavy atom. The maximum atomic E-state index is 11.3. The van der Waals surface area contributed by atoms with E-state index in [9.17, 15) is 8.42 Å². The lowest BCUT2D eigenvalue weighted by molar-refractivity contribution is 0.415. The Morgan fingerprint density at radius 3 is 2.33 bits per heavy atom. The van der Waals surface area contributed by atoms with Gasteiger partial charge in [-0.15, -0.1) is 0 Å². The number of nitrogens with zero attached hydrogens (tertiary/aromatic N) is 1. The molecule has 0 unspecified atom stereocenters. The van der Waals surface area contributed by atoms with E-state index in [1.165, 1.54) is 12.1 Å². The van der Waals surface area contributed by atoms with Crippen molar-refractivity contribution >= 4 is 27.1 Å². The third-order valence-corrected chi connectivity index (χ3v) is 4.05. The van der Waals surface area contributed by atoms with E-state index in [-0.39, 0.29) is 4.90 Å². The number of anilines is 3. The van der Waals surface area contributed by atoms with E-state index >= 15 is 0 Å². The predicted molar refractivity (Wildman–Crippen MR) is 83.3 cm³/mol. The van der Waals surface area contributed by atoms with Crippen LogP contribution in [0.4, 0.5) is 17.1 Å². The average Bonchev–Trinajstić information content (AvgIpc) is 2.45. The number of hydrogen-bond donors (Lipinski definition) is 2. The van der Waals surface area contributed by atoms with E-state index in [0.29, 0.717) is 17.1 Å². The Kier molecular flexibility index (Phi) is 4.06. The first-order valence-electron chi connectivity index (χ1n) is 6.13. The summed E-state index contributed by atoms with van der Waals surface area (Å²) in [6.45, 7) is 0. The van der Waals surface area contributed by atoms with Crippen LogP contribution < -0.4 is 20.5 Å². The Labute approximate surface area is 124 Å². The lowest BCUT2D eigenvalue weighted by Gasteiger charge is -2.23. The standard InChI is InChI=1S/C14H17N3O3S/c1-17(13-5-3-4-6-14(13)20-2)12-8-7-10(9-11(12)15)21(16,18)19/h3-9H,15H2,1-2H3,(H2,16,18,19). The van der Waals surface area contributed by atoms with E-state index in [1.807, 2.05) is 36.2 Å². The first-order chi connectivity index (χ1) is 9.84. The van der Waals surface area contributed by atoms with Gasteiger partial charge in [-0.25, -0.2) is 13.6 Å². The largest absolute Gasteiger partial charge is 0.495 e. The minimum absolute atomic E-state index is 0.0165. The molecule has 0 fully saturated rings. The molecule has 21 heavy (non-hydrogen) atoms. The average molecular weight is 307 g/mol. The van der Waals surface area contributed by atoms with Crippen LogP contribution >= 0.6 is 0 Å². The van der Waals surface area contributed by atoms with Gasteiger partial charge >= 0.3 is 0 Å². The van der Waals surface area contributed by atoms with E-state index in [2.05, 4.69) is 0 Å². The van der Waals surface area contributed by atoms with E-state index < -0.39 is 10.0 Å². The van der Waals surface area contributed by atoms with Crippen LogP contribution in [0.3, 0.4) is 0 Å². The maximum Gasteiger partial charge on any atom is 0.238 e. The number of benzene rings is 2. The van der Waals surface area contributed by atoms with Gasteiger partial charge in [-0.3, -0.25) is 0 Å². The highest BCUT2D eigenvalue weighted by Crippen LogP contribution is 2.35. The zero-order valence-electron chi connectivity index (χ0n) is 11.8. The molecule has 112 valence electrons. The number of methoxy groups -OCH3 is 1. The number of ether oxygens (including phenoxy) is 1. The van der Waals surface area contributed by atoms with Crippen LogP contribution in [0.25, 0.3) is 0 Å². The third-order valence-electron chi connectivity index (χ3n) is 3.14. The molecular formula is C14H17N3O3S. The van der Waals surface area contributed by atoms with Crippen LogP contribution in [0.15, 0.2) is 47.4 Å². The Bertz CT molecular complexity index is 760. The number of primary sulfonamides is 1. The predicted octanol–water partition coefficient (Wildman–Crippen LogP) is 1.69. The van der Waals surface area contributed by atoms with Gasteiger partial charge in [0, 0.05) is 7.05 Å². The zero-order chi connectivity index (χ0) is 15.6. The first kappa shape index (κ1) is 15.1. The fourth-order valence-corrected chi connectivity index (χ4v) is 2.60. The smallest absolute Gasteiger partial charge is 0.238 e. The molecule has 2 rings (SSSR count). The highest BCUT2D eigenvalue weighted by molar-refractivity contribution is 7.89. The molecule has 4 N–H and O–H groups in total.